The van der Waals surface area contributed by atoms with Crippen LogP contribution in [0.3, 0.4) is 0 Å². The summed E-state index contributed by atoms with van der Waals surface area (Å²) >= 11 is 0. The van der Waals surface area contributed by atoms with Crippen molar-refractivity contribution in [1.82, 2.24) is 0 Å². The van der Waals surface area contributed by atoms with Crippen LogP contribution in [0.25, 0.3) is 0 Å². The number of carboxylic acid groups (broad SMARTS) is 2. The molecular formula is C11H9NaO4. The maximum atomic E-state index is 10.7. The van der Waals surface area contributed by atoms with Crippen molar-refractivity contribution in [3.63, 3.8) is 0 Å². The fraction of sp³-hybridized carbons (Fsp3) is 0.0909. The Morgan fingerprint density at radius 2 is 1.81 bits per heavy atom. The normalized spacial score (nSPS) is 10.4. The van der Waals surface area contributed by atoms with Crippen LogP contribution < -0.4 is 34.7 Å². The average molecular weight is 228 g/mol. The van der Waals surface area contributed by atoms with E-state index in [1.165, 1.54) is 0 Å². The second kappa shape index (κ2) is 7.22. The van der Waals surface area contributed by atoms with Crippen LogP contribution >= 0.6 is 0 Å². The van der Waals surface area contributed by atoms with Crippen molar-refractivity contribution >= 4 is 11.9 Å². The Hall–Kier alpha value is -1.10. The summed E-state index contributed by atoms with van der Waals surface area (Å²) in [5.74, 6) is -2.74. The zero-order valence-corrected chi connectivity index (χ0v) is 10.8. The van der Waals surface area contributed by atoms with E-state index in [1.54, 1.807) is 30.3 Å². The van der Waals surface area contributed by atoms with Gasteiger partial charge in [0, 0.05) is 12.0 Å². The van der Waals surface area contributed by atoms with Crippen LogP contribution in [-0.2, 0) is 16.0 Å². The summed E-state index contributed by atoms with van der Waals surface area (Å²) in [4.78, 5) is 20.9. The van der Waals surface area contributed by atoms with E-state index in [1.807, 2.05) is 0 Å². The molecular weight excluding hydrogens is 219 g/mol. The molecule has 0 heterocycles. The van der Waals surface area contributed by atoms with E-state index in [0.717, 1.165) is 5.56 Å². The van der Waals surface area contributed by atoms with Gasteiger partial charge < -0.3 is 15.0 Å². The zero-order valence-electron chi connectivity index (χ0n) is 8.84. The topological polar surface area (TPSA) is 77.4 Å². The van der Waals surface area contributed by atoms with E-state index in [2.05, 4.69) is 0 Å². The maximum Gasteiger partial charge on any atom is 1.00 e. The molecule has 1 aromatic carbocycles. The van der Waals surface area contributed by atoms with Crippen molar-refractivity contribution in [2.45, 2.75) is 6.42 Å². The first-order chi connectivity index (χ1) is 7.09. The Morgan fingerprint density at radius 3 is 2.25 bits per heavy atom. The molecule has 0 unspecified atom stereocenters. The van der Waals surface area contributed by atoms with Gasteiger partial charge in [0.2, 0.25) is 0 Å². The van der Waals surface area contributed by atoms with Gasteiger partial charge in [0.15, 0.2) is 0 Å². The van der Waals surface area contributed by atoms with E-state index < -0.39 is 11.9 Å². The van der Waals surface area contributed by atoms with Gasteiger partial charge in [-0.3, -0.25) is 0 Å². The molecule has 0 saturated heterocycles. The number of aliphatic carboxylic acids is 2. The number of hydrogen-bond donors (Lipinski definition) is 1. The Bertz CT molecular complexity index is 398. The van der Waals surface area contributed by atoms with Crippen LogP contribution in [0.15, 0.2) is 42.0 Å². The number of carboxylic acids is 2. The average Bonchev–Trinajstić information content (AvgIpc) is 2.17. The molecule has 0 fully saturated rings. The molecule has 0 radical (unpaired) electrons. The summed E-state index contributed by atoms with van der Waals surface area (Å²) in [5.41, 5.74) is 0.550. The number of carbonyl (C=O) groups is 2. The largest absolute Gasteiger partial charge is 1.00 e. The number of hydrogen-bond acceptors (Lipinski definition) is 3. The van der Waals surface area contributed by atoms with Crippen molar-refractivity contribution in [2.24, 2.45) is 0 Å². The van der Waals surface area contributed by atoms with Gasteiger partial charge in [-0.15, -0.1) is 0 Å². The summed E-state index contributed by atoms with van der Waals surface area (Å²) in [6, 6.07) is 8.77. The first-order valence-corrected chi connectivity index (χ1v) is 4.28. The van der Waals surface area contributed by atoms with E-state index in [0.29, 0.717) is 6.08 Å². The maximum absolute atomic E-state index is 10.7. The SMILES string of the molecule is O=C([O-])/C=C(\Cc1ccccc1)C(=O)O.[Na+]. The van der Waals surface area contributed by atoms with E-state index in [-0.39, 0.29) is 41.6 Å². The number of benzene rings is 1. The molecule has 5 heteroatoms. The van der Waals surface area contributed by atoms with Gasteiger partial charge in [0.05, 0.1) is 5.97 Å². The minimum absolute atomic E-state index is 0. The molecule has 78 valence electrons. The molecule has 0 spiro atoms. The first kappa shape index (κ1) is 14.9. The monoisotopic (exact) mass is 228 g/mol. The van der Waals surface area contributed by atoms with E-state index in [4.69, 9.17) is 5.11 Å². The Morgan fingerprint density at radius 1 is 1.25 bits per heavy atom. The zero-order chi connectivity index (χ0) is 11.3. The Labute approximate surface area is 115 Å². The van der Waals surface area contributed by atoms with Gasteiger partial charge >= 0.3 is 35.5 Å². The van der Waals surface area contributed by atoms with Gasteiger partial charge in [-0.2, -0.15) is 0 Å². The van der Waals surface area contributed by atoms with Gasteiger partial charge in [0.25, 0.3) is 0 Å². The molecule has 16 heavy (non-hydrogen) atoms. The summed E-state index contributed by atoms with van der Waals surface area (Å²) in [5, 5.41) is 19.0. The predicted octanol–water partition coefficient (Wildman–Crippen LogP) is -3.01. The smallest absolute Gasteiger partial charge is 0.545 e. The molecule has 0 atom stereocenters. The first-order valence-electron chi connectivity index (χ1n) is 4.28. The van der Waals surface area contributed by atoms with Crippen LogP contribution in [0, 0.1) is 0 Å². The third-order valence-corrected chi connectivity index (χ3v) is 1.80. The van der Waals surface area contributed by atoms with Crippen molar-refractivity contribution < 1.29 is 49.4 Å². The molecule has 0 aliphatic heterocycles. The minimum Gasteiger partial charge on any atom is -0.545 e. The van der Waals surface area contributed by atoms with Gasteiger partial charge in [0.1, 0.15) is 0 Å². The summed E-state index contributed by atoms with van der Waals surface area (Å²) < 4.78 is 0. The van der Waals surface area contributed by atoms with Crippen LogP contribution in [0.4, 0.5) is 0 Å². The number of carbonyl (C=O) groups excluding carboxylic acids is 1. The molecule has 1 N–H and O–H groups in total. The molecule has 4 nitrogen and oxygen atoms in total. The quantitative estimate of drug-likeness (QED) is 0.440. The summed E-state index contributed by atoms with van der Waals surface area (Å²) in [6.07, 6.45) is 0.680. The van der Waals surface area contributed by atoms with E-state index >= 15 is 0 Å². The standard InChI is InChI=1S/C11H10O4.Na/c12-10(13)7-9(11(14)15)6-8-4-2-1-3-5-8;/h1-5,7H,6H2,(H,12,13)(H,14,15);/q;+1/p-1/b9-7+;. The molecule has 0 aromatic heterocycles. The molecule has 1 rings (SSSR count). The second-order valence-corrected chi connectivity index (χ2v) is 2.96. The summed E-state index contributed by atoms with van der Waals surface area (Å²) in [6.45, 7) is 0. The fourth-order valence-electron chi connectivity index (χ4n) is 1.15. The molecule has 0 saturated carbocycles. The van der Waals surface area contributed by atoms with Crippen LogP contribution in [-0.4, -0.2) is 17.0 Å². The van der Waals surface area contributed by atoms with Crippen molar-refractivity contribution in [3.8, 4) is 0 Å². The third kappa shape index (κ3) is 5.11. The van der Waals surface area contributed by atoms with E-state index in [9.17, 15) is 14.7 Å². The molecule has 0 aliphatic rings. The van der Waals surface area contributed by atoms with Crippen LogP contribution in [0.1, 0.15) is 5.56 Å². The van der Waals surface area contributed by atoms with Crippen LogP contribution in [0.5, 0.6) is 0 Å². The number of rotatable bonds is 4. The van der Waals surface area contributed by atoms with Crippen molar-refractivity contribution in [1.29, 1.82) is 0 Å². The van der Waals surface area contributed by atoms with Gasteiger partial charge in [-0.25, -0.2) is 4.79 Å². The van der Waals surface area contributed by atoms with Gasteiger partial charge in [-0.05, 0) is 11.6 Å². The third-order valence-electron chi connectivity index (χ3n) is 1.80. The predicted molar refractivity (Wildman–Crippen MR) is 50.9 cm³/mol. The molecule has 0 bridgehead atoms. The second-order valence-electron chi connectivity index (χ2n) is 2.96. The minimum atomic E-state index is -1.50. The Balaban J connectivity index is 0.00000225. The van der Waals surface area contributed by atoms with Crippen LogP contribution in [0.2, 0.25) is 0 Å². The summed E-state index contributed by atoms with van der Waals surface area (Å²) in [7, 11) is 0. The Kier molecular flexibility index (Phi) is 6.72. The molecule has 0 amide bonds. The molecule has 0 aliphatic carbocycles. The van der Waals surface area contributed by atoms with Crippen molar-refractivity contribution in [2.75, 3.05) is 0 Å². The van der Waals surface area contributed by atoms with Crippen molar-refractivity contribution in [3.05, 3.63) is 47.5 Å². The van der Waals surface area contributed by atoms with Gasteiger partial charge in [-0.1, -0.05) is 30.3 Å². The fourth-order valence-corrected chi connectivity index (χ4v) is 1.15. The molecule has 1 aromatic rings.